The van der Waals surface area contributed by atoms with Crippen molar-refractivity contribution in [2.24, 2.45) is 7.05 Å². The molecule has 5 nitrogen and oxygen atoms in total. The highest BCUT2D eigenvalue weighted by molar-refractivity contribution is 5.92. The van der Waals surface area contributed by atoms with Gasteiger partial charge in [-0.25, -0.2) is 0 Å². The summed E-state index contributed by atoms with van der Waals surface area (Å²) in [7, 11) is 5.92. The second-order valence-electron chi connectivity index (χ2n) is 5.81. The van der Waals surface area contributed by atoms with E-state index >= 15 is 0 Å². The molecule has 118 valence electrons. The zero-order chi connectivity index (χ0) is 15.1. The topological polar surface area (TPSA) is 43.1 Å². The van der Waals surface area contributed by atoms with Crippen LogP contribution >= 0.6 is 12.4 Å². The SMILES string of the molecule is Cc1ccc2c(c1)c(=O)c1c(cnn1C)n2CCN(C)C.Cl. The van der Waals surface area contributed by atoms with Crippen molar-refractivity contribution < 1.29 is 0 Å². The van der Waals surface area contributed by atoms with Gasteiger partial charge in [-0.05, 0) is 33.2 Å². The maximum absolute atomic E-state index is 12.7. The molecule has 0 spiro atoms. The molecular formula is C16H21ClN4O. The summed E-state index contributed by atoms with van der Waals surface area (Å²) in [4.78, 5) is 14.9. The average molecular weight is 321 g/mol. The van der Waals surface area contributed by atoms with Crippen molar-refractivity contribution in [1.82, 2.24) is 19.2 Å². The normalized spacial score (nSPS) is 11.3. The van der Waals surface area contributed by atoms with E-state index in [1.807, 2.05) is 26.1 Å². The van der Waals surface area contributed by atoms with Crippen LogP contribution in [0.1, 0.15) is 5.56 Å². The van der Waals surface area contributed by atoms with E-state index < -0.39 is 0 Å². The maximum Gasteiger partial charge on any atom is 0.215 e. The van der Waals surface area contributed by atoms with Gasteiger partial charge in [-0.3, -0.25) is 9.48 Å². The van der Waals surface area contributed by atoms with E-state index in [9.17, 15) is 4.79 Å². The lowest BCUT2D eigenvalue weighted by atomic mass is 10.1. The number of likely N-dealkylation sites (N-methyl/N-ethyl adjacent to an activating group) is 1. The van der Waals surface area contributed by atoms with Crippen LogP contribution in [0.15, 0.2) is 29.2 Å². The van der Waals surface area contributed by atoms with Crippen LogP contribution in [0.2, 0.25) is 0 Å². The molecule has 0 bridgehead atoms. The van der Waals surface area contributed by atoms with Crippen molar-refractivity contribution in [2.45, 2.75) is 13.5 Å². The quantitative estimate of drug-likeness (QED) is 0.743. The Balaban J connectivity index is 0.00000176. The summed E-state index contributed by atoms with van der Waals surface area (Å²) in [5, 5.41) is 5.04. The Hall–Kier alpha value is -1.85. The van der Waals surface area contributed by atoms with Gasteiger partial charge in [-0.1, -0.05) is 11.6 Å². The number of hydrogen-bond donors (Lipinski definition) is 0. The molecule has 0 N–H and O–H groups in total. The second-order valence-corrected chi connectivity index (χ2v) is 5.81. The molecule has 6 heteroatoms. The molecule has 3 aromatic rings. The fraction of sp³-hybridized carbons (Fsp3) is 0.375. The van der Waals surface area contributed by atoms with Crippen LogP contribution in [-0.4, -0.2) is 39.9 Å². The van der Waals surface area contributed by atoms with Gasteiger partial charge in [0.05, 0.1) is 17.2 Å². The van der Waals surface area contributed by atoms with E-state index in [0.29, 0.717) is 5.52 Å². The van der Waals surface area contributed by atoms with Crippen LogP contribution in [0.5, 0.6) is 0 Å². The van der Waals surface area contributed by atoms with Gasteiger partial charge < -0.3 is 9.47 Å². The van der Waals surface area contributed by atoms with Gasteiger partial charge in [-0.15, -0.1) is 12.4 Å². The maximum atomic E-state index is 12.7. The number of rotatable bonds is 3. The van der Waals surface area contributed by atoms with E-state index in [2.05, 4.69) is 34.7 Å². The number of aromatic nitrogens is 3. The van der Waals surface area contributed by atoms with Crippen molar-refractivity contribution >= 4 is 34.3 Å². The van der Waals surface area contributed by atoms with Crippen molar-refractivity contribution in [3.8, 4) is 0 Å². The first-order valence-electron chi connectivity index (χ1n) is 7.08. The number of fused-ring (bicyclic) bond motifs is 2. The number of halogens is 1. The van der Waals surface area contributed by atoms with Crippen LogP contribution in [-0.2, 0) is 13.6 Å². The fourth-order valence-electron chi connectivity index (χ4n) is 2.75. The summed E-state index contributed by atoms with van der Waals surface area (Å²) in [5.74, 6) is 0. The summed E-state index contributed by atoms with van der Waals surface area (Å²) < 4.78 is 3.87. The van der Waals surface area contributed by atoms with Crippen molar-refractivity contribution in [3.63, 3.8) is 0 Å². The monoisotopic (exact) mass is 320 g/mol. The molecule has 0 amide bonds. The number of nitrogens with zero attached hydrogens (tertiary/aromatic N) is 4. The van der Waals surface area contributed by atoms with Gasteiger partial charge in [0.15, 0.2) is 0 Å². The van der Waals surface area contributed by atoms with Crippen LogP contribution in [0.25, 0.3) is 21.9 Å². The van der Waals surface area contributed by atoms with Gasteiger partial charge in [0.1, 0.15) is 5.52 Å². The summed E-state index contributed by atoms with van der Waals surface area (Å²) in [5.41, 5.74) is 3.71. The molecule has 22 heavy (non-hydrogen) atoms. The molecule has 1 aromatic carbocycles. The third-order valence-corrected chi connectivity index (χ3v) is 3.88. The van der Waals surface area contributed by atoms with E-state index in [1.165, 1.54) is 0 Å². The van der Waals surface area contributed by atoms with E-state index in [0.717, 1.165) is 35.1 Å². The minimum absolute atomic E-state index is 0. The molecule has 0 aliphatic rings. The standard InChI is InChI=1S/C16H20N4O.ClH/c1-11-5-6-13-12(9-11)16(21)15-14(10-17-19(15)4)20(13)8-7-18(2)3;/h5-6,9-10H,7-8H2,1-4H3;1H. The highest BCUT2D eigenvalue weighted by atomic mass is 35.5. The summed E-state index contributed by atoms with van der Waals surface area (Å²) in [6.45, 7) is 3.75. The number of pyridine rings is 1. The lowest BCUT2D eigenvalue weighted by molar-refractivity contribution is 0.389. The molecule has 2 heterocycles. The predicted molar refractivity (Wildman–Crippen MR) is 93.0 cm³/mol. The molecule has 0 saturated heterocycles. The Morgan fingerprint density at radius 3 is 2.64 bits per heavy atom. The highest BCUT2D eigenvalue weighted by Crippen LogP contribution is 2.19. The van der Waals surface area contributed by atoms with Gasteiger partial charge in [0, 0.05) is 25.5 Å². The molecule has 3 rings (SSSR count). The lowest BCUT2D eigenvalue weighted by Gasteiger charge is -2.16. The first-order valence-corrected chi connectivity index (χ1v) is 7.08. The first kappa shape index (κ1) is 16.5. The van der Waals surface area contributed by atoms with Crippen molar-refractivity contribution in [3.05, 3.63) is 40.2 Å². The molecular weight excluding hydrogens is 300 g/mol. The zero-order valence-electron chi connectivity index (χ0n) is 13.3. The van der Waals surface area contributed by atoms with Crippen LogP contribution in [0.4, 0.5) is 0 Å². The molecule has 0 saturated carbocycles. The van der Waals surface area contributed by atoms with Crippen LogP contribution in [0.3, 0.4) is 0 Å². The lowest BCUT2D eigenvalue weighted by Crippen LogP contribution is -2.21. The highest BCUT2D eigenvalue weighted by Gasteiger charge is 2.14. The molecule has 0 aliphatic carbocycles. The van der Waals surface area contributed by atoms with Gasteiger partial charge in [-0.2, -0.15) is 5.10 Å². The minimum Gasteiger partial charge on any atom is -0.336 e. The Bertz CT molecular complexity index is 879. The smallest absolute Gasteiger partial charge is 0.215 e. The van der Waals surface area contributed by atoms with Crippen molar-refractivity contribution in [2.75, 3.05) is 20.6 Å². The van der Waals surface area contributed by atoms with Crippen LogP contribution in [0, 0.1) is 6.92 Å². The third kappa shape index (κ3) is 2.62. The molecule has 0 atom stereocenters. The van der Waals surface area contributed by atoms with E-state index in [-0.39, 0.29) is 17.8 Å². The van der Waals surface area contributed by atoms with E-state index in [1.54, 1.807) is 10.9 Å². The Labute approximate surface area is 135 Å². The van der Waals surface area contributed by atoms with Gasteiger partial charge in [0.2, 0.25) is 5.43 Å². The third-order valence-electron chi connectivity index (χ3n) is 3.88. The van der Waals surface area contributed by atoms with E-state index in [4.69, 9.17) is 0 Å². The summed E-state index contributed by atoms with van der Waals surface area (Å²) in [6, 6.07) is 6.06. The average Bonchev–Trinajstić information content (AvgIpc) is 2.81. The first-order chi connectivity index (χ1) is 9.99. The Kier molecular flexibility index (Phi) is 4.58. The van der Waals surface area contributed by atoms with Crippen LogP contribution < -0.4 is 5.43 Å². The Morgan fingerprint density at radius 2 is 1.95 bits per heavy atom. The summed E-state index contributed by atoms with van der Waals surface area (Å²) >= 11 is 0. The molecule has 0 unspecified atom stereocenters. The molecule has 0 aliphatic heterocycles. The number of hydrogen-bond acceptors (Lipinski definition) is 3. The number of benzene rings is 1. The summed E-state index contributed by atoms with van der Waals surface area (Å²) in [6.07, 6.45) is 1.78. The predicted octanol–water partition coefficient (Wildman–Crippen LogP) is 2.18. The number of aryl methyl sites for hydroxylation is 2. The molecule has 0 fully saturated rings. The molecule has 0 radical (unpaired) electrons. The van der Waals surface area contributed by atoms with Crippen molar-refractivity contribution in [1.29, 1.82) is 0 Å². The largest absolute Gasteiger partial charge is 0.336 e. The Morgan fingerprint density at radius 1 is 1.23 bits per heavy atom. The van der Waals surface area contributed by atoms with Gasteiger partial charge >= 0.3 is 0 Å². The zero-order valence-corrected chi connectivity index (χ0v) is 14.1. The molecule has 2 aromatic heterocycles. The fourth-order valence-corrected chi connectivity index (χ4v) is 2.75. The minimum atomic E-state index is 0. The second kappa shape index (κ2) is 6.10. The van der Waals surface area contributed by atoms with Gasteiger partial charge in [0.25, 0.3) is 0 Å².